The molecule has 92 valence electrons. The molecule has 0 saturated carbocycles. The molecule has 2 heteroatoms. The third-order valence-corrected chi connectivity index (χ3v) is 2.78. The summed E-state index contributed by atoms with van der Waals surface area (Å²) in [6.07, 6.45) is 2.15. The highest BCUT2D eigenvalue weighted by Crippen LogP contribution is 2.20. The van der Waals surface area contributed by atoms with Gasteiger partial charge in [-0.15, -0.1) is 0 Å². The van der Waals surface area contributed by atoms with Gasteiger partial charge in [-0.25, -0.2) is 0 Å². The van der Waals surface area contributed by atoms with Gasteiger partial charge < -0.3 is 9.73 Å². The van der Waals surface area contributed by atoms with E-state index in [1.54, 1.807) is 0 Å². The molecule has 0 radical (unpaired) electrons. The molecule has 0 bridgehead atoms. The maximum Gasteiger partial charge on any atom is 0.120 e. The highest BCUT2D eigenvalue weighted by atomic mass is 16.3. The van der Waals surface area contributed by atoms with Gasteiger partial charge in [0.05, 0.1) is 6.04 Å². The van der Waals surface area contributed by atoms with Crippen LogP contribution >= 0.6 is 0 Å². The lowest BCUT2D eigenvalue weighted by Gasteiger charge is -2.19. The minimum atomic E-state index is 0.308. The molecule has 1 atom stereocenters. The summed E-state index contributed by atoms with van der Waals surface area (Å²) >= 11 is 0. The topological polar surface area (TPSA) is 25.2 Å². The smallest absolute Gasteiger partial charge is 0.120 e. The van der Waals surface area contributed by atoms with Crippen LogP contribution in [0.15, 0.2) is 16.5 Å². The fourth-order valence-electron chi connectivity index (χ4n) is 1.58. The Morgan fingerprint density at radius 2 is 2.00 bits per heavy atom. The van der Waals surface area contributed by atoms with Crippen LogP contribution in [0.5, 0.6) is 0 Å². The van der Waals surface area contributed by atoms with E-state index in [1.165, 1.54) is 6.42 Å². The lowest BCUT2D eigenvalue weighted by Crippen LogP contribution is -2.23. The van der Waals surface area contributed by atoms with Crippen molar-refractivity contribution in [1.82, 2.24) is 5.32 Å². The van der Waals surface area contributed by atoms with Gasteiger partial charge >= 0.3 is 0 Å². The molecule has 0 aliphatic carbocycles. The van der Waals surface area contributed by atoms with Crippen molar-refractivity contribution in [2.75, 3.05) is 6.54 Å². The van der Waals surface area contributed by atoms with Gasteiger partial charge in [0.1, 0.15) is 11.5 Å². The second kappa shape index (κ2) is 5.53. The van der Waals surface area contributed by atoms with Gasteiger partial charge in [0, 0.05) is 6.42 Å². The van der Waals surface area contributed by atoms with Crippen LogP contribution in [0.3, 0.4) is 0 Å². The summed E-state index contributed by atoms with van der Waals surface area (Å²) in [5.74, 6) is 2.12. The standard InChI is InChI=1S/C14H25NO/c1-6-12-7-8-13(16-12)11(2)15-10-9-14(3,4)5/h7-8,11,15H,6,9-10H2,1-5H3. The molecule has 0 amide bonds. The Morgan fingerprint density at radius 3 is 2.50 bits per heavy atom. The van der Waals surface area contributed by atoms with Gasteiger partial charge in [-0.3, -0.25) is 0 Å². The zero-order valence-electron chi connectivity index (χ0n) is 11.3. The van der Waals surface area contributed by atoms with Gasteiger partial charge in [0.25, 0.3) is 0 Å². The molecule has 2 nitrogen and oxygen atoms in total. The minimum absolute atomic E-state index is 0.308. The zero-order chi connectivity index (χ0) is 12.2. The van der Waals surface area contributed by atoms with E-state index in [9.17, 15) is 0 Å². The van der Waals surface area contributed by atoms with Crippen LogP contribution in [0.2, 0.25) is 0 Å². The van der Waals surface area contributed by atoms with Crippen LogP contribution in [0.4, 0.5) is 0 Å². The summed E-state index contributed by atoms with van der Waals surface area (Å²) in [4.78, 5) is 0. The monoisotopic (exact) mass is 223 g/mol. The van der Waals surface area contributed by atoms with Crippen molar-refractivity contribution in [2.24, 2.45) is 5.41 Å². The number of hydrogen-bond donors (Lipinski definition) is 1. The van der Waals surface area contributed by atoms with Crippen LogP contribution in [0.25, 0.3) is 0 Å². The fraction of sp³-hybridized carbons (Fsp3) is 0.714. The van der Waals surface area contributed by atoms with Crippen molar-refractivity contribution in [3.05, 3.63) is 23.7 Å². The number of rotatable bonds is 5. The molecule has 0 spiro atoms. The lowest BCUT2D eigenvalue weighted by molar-refractivity contribution is 0.343. The Morgan fingerprint density at radius 1 is 1.31 bits per heavy atom. The van der Waals surface area contributed by atoms with Gasteiger partial charge in [0.2, 0.25) is 0 Å². The normalized spacial score (nSPS) is 14.1. The fourth-order valence-corrected chi connectivity index (χ4v) is 1.58. The van der Waals surface area contributed by atoms with Crippen LogP contribution in [-0.2, 0) is 6.42 Å². The third kappa shape index (κ3) is 4.40. The maximum atomic E-state index is 5.71. The first-order valence-corrected chi connectivity index (χ1v) is 6.24. The van der Waals surface area contributed by atoms with Crippen molar-refractivity contribution >= 4 is 0 Å². The molecule has 1 aromatic rings. The van der Waals surface area contributed by atoms with Gasteiger partial charge in [-0.1, -0.05) is 27.7 Å². The van der Waals surface area contributed by atoms with Crippen LogP contribution in [0, 0.1) is 5.41 Å². The number of aryl methyl sites for hydroxylation is 1. The Labute approximate surface area is 99.4 Å². The molecule has 0 aliphatic rings. The molecule has 0 aliphatic heterocycles. The second-order valence-corrected chi connectivity index (χ2v) is 5.64. The number of furan rings is 1. The van der Waals surface area contributed by atoms with Gasteiger partial charge in [0.15, 0.2) is 0 Å². The van der Waals surface area contributed by atoms with Crippen molar-refractivity contribution in [2.45, 2.75) is 53.5 Å². The summed E-state index contributed by atoms with van der Waals surface area (Å²) in [6, 6.07) is 4.45. The molecular weight excluding hydrogens is 198 g/mol. The van der Waals surface area contributed by atoms with Gasteiger partial charge in [-0.05, 0) is 37.4 Å². The van der Waals surface area contributed by atoms with E-state index in [4.69, 9.17) is 4.42 Å². The molecule has 1 aromatic heterocycles. The molecule has 1 rings (SSSR count). The average molecular weight is 223 g/mol. The van der Waals surface area contributed by atoms with Crippen molar-refractivity contribution in [3.63, 3.8) is 0 Å². The van der Waals surface area contributed by atoms with E-state index in [0.29, 0.717) is 11.5 Å². The first kappa shape index (κ1) is 13.3. The molecule has 1 unspecified atom stereocenters. The highest BCUT2D eigenvalue weighted by molar-refractivity contribution is 5.10. The van der Waals surface area contributed by atoms with E-state index in [0.717, 1.165) is 24.5 Å². The summed E-state index contributed by atoms with van der Waals surface area (Å²) in [7, 11) is 0. The quantitative estimate of drug-likeness (QED) is 0.818. The third-order valence-electron chi connectivity index (χ3n) is 2.78. The predicted molar refractivity (Wildman–Crippen MR) is 68.6 cm³/mol. The Balaban J connectivity index is 2.37. The first-order chi connectivity index (χ1) is 7.42. The Bertz CT molecular complexity index is 309. The molecule has 0 fully saturated rings. The molecule has 16 heavy (non-hydrogen) atoms. The Hall–Kier alpha value is -0.760. The van der Waals surface area contributed by atoms with Crippen LogP contribution < -0.4 is 5.32 Å². The van der Waals surface area contributed by atoms with Crippen LogP contribution in [-0.4, -0.2) is 6.54 Å². The largest absolute Gasteiger partial charge is 0.464 e. The van der Waals surface area contributed by atoms with Crippen molar-refractivity contribution in [3.8, 4) is 0 Å². The summed E-state index contributed by atoms with van der Waals surface area (Å²) in [6.45, 7) is 12.1. The molecular formula is C14H25NO. The molecule has 0 saturated heterocycles. The lowest BCUT2D eigenvalue weighted by atomic mass is 9.92. The zero-order valence-corrected chi connectivity index (χ0v) is 11.3. The van der Waals surface area contributed by atoms with E-state index in [2.05, 4.69) is 52.1 Å². The van der Waals surface area contributed by atoms with Gasteiger partial charge in [-0.2, -0.15) is 0 Å². The number of hydrogen-bond acceptors (Lipinski definition) is 2. The Kier molecular flexibility index (Phi) is 4.60. The molecule has 1 N–H and O–H groups in total. The van der Waals surface area contributed by atoms with E-state index in [-0.39, 0.29) is 0 Å². The second-order valence-electron chi connectivity index (χ2n) is 5.64. The summed E-state index contributed by atoms with van der Waals surface area (Å²) < 4.78 is 5.71. The highest BCUT2D eigenvalue weighted by Gasteiger charge is 2.12. The SMILES string of the molecule is CCc1ccc(C(C)NCCC(C)(C)C)o1. The molecule has 0 aromatic carbocycles. The van der Waals surface area contributed by atoms with E-state index < -0.39 is 0 Å². The average Bonchev–Trinajstić information content (AvgIpc) is 2.63. The van der Waals surface area contributed by atoms with Crippen molar-refractivity contribution < 1.29 is 4.42 Å². The number of nitrogens with one attached hydrogen (secondary N) is 1. The maximum absolute atomic E-state index is 5.71. The predicted octanol–water partition coefficient (Wildman–Crippen LogP) is 3.93. The molecule has 1 heterocycles. The van der Waals surface area contributed by atoms with E-state index >= 15 is 0 Å². The van der Waals surface area contributed by atoms with Crippen LogP contribution in [0.1, 0.15) is 58.6 Å². The van der Waals surface area contributed by atoms with Crippen molar-refractivity contribution in [1.29, 1.82) is 0 Å². The summed E-state index contributed by atoms with van der Waals surface area (Å²) in [5.41, 5.74) is 0.393. The minimum Gasteiger partial charge on any atom is -0.464 e. The summed E-state index contributed by atoms with van der Waals surface area (Å²) in [5, 5.41) is 3.50. The van der Waals surface area contributed by atoms with E-state index in [1.807, 2.05) is 0 Å². The first-order valence-electron chi connectivity index (χ1n) is 6.24.